The lowest BCUT2D eigenvalue weighted by Gasteiger charge is -2.33. The van der Waals surface area contributed by atoms with Crippen molar-refractivity contribution in [3.05, 3.63) is 86.1 Å². The summed E-state index contributed by atoms with van der Waals surface area (Å²) in [6.07, 6.45) is 1.67. The van der Waals surface area contributed by atoms with Crippen molar-refractivity contribution in [1.82, 2.24) is 5.32 Å². The Morgan fingerprint density at radius 2 is 1.79 bits per heavy atom. The molecule has 1 aliphatic heterocycles. The number of fused-ring (bicyclic) bond motifs is 2. The van der Waals surface area contributed by atoms with Crippen molar-refractivity contribution in [2.75, 3.05) is 0 Å². The molecule has 0 saturated heterocycles. The SMILES string of the molecule is O=C1CCCC2=C1[C@@H](c1cc([N+](=O)[O-])ccc1O)C1=C(N2)c2ccccc2C1=O. The number of benzene rings is 2. The van der Waals surface area contributed by atoms with E-state index in [1.165, 1.54) is 18.2 Å². The number of carbonyl (C=O) groups excluding carboxylic acids is 2. The molecule has 3 aliphatic rings. The Hall–Kier alpha value is -3.74. The van der Waals surface area contributed by atoms with Crippen molar-refractivity contribution in [1.29, 1.82) is 0 Å². The minimum atomic E-state index is -0.839. The van der Waals surface area contributed by atoms with Gasteiger partial charge in [0.2, 0.25) is 0 Å². The van der Waals surface area contributed by atoms with Crippen molar-refractivity contribution < 1.29 is 19.6 Å². The molecule has 0 spiro atoms. The summed E-state index contributed by atoms with van der Waals surface area (Å²) in [7, 11) is 0. The highest BCUT2D eigenvalue weighted by molar-refractivity contribution is 6.23. The topological polar surface area (TPSA) is 110 Å². The number of aromatic hydroxyl groups is 1. The van der Waals surface area contributed by atoms with Crippen molar-refractivity contribution >= 4 is 23.0 Å². The first-order chi connectivity index (χ1) is 14.0. The molecule has 2 aliphatic carbocycles. The molecular formula is C22H16N2O5. The van der Waals surface area contributed by atoms with Crippen LogP contribution in [0.4, 0.5) is 5.69 Å². The highest BCUT2D eigenvalue weighted by Crippen LogP contribution is 2.50. The average molecular weight is 388 g/mol. The van der Waals surface area contributed by atoms with Crippen LogP contribution < -0.4 is 5.32 Å². The minimum Gasteiger partial charge on any atom is -0.508 e. The maximum absolute atomic E-state index is 13.3. The zero-order valence-electron chi connectivity index (χ0n) is 15.3. The number of hydrogen-bond acceptors (Lipinski definition) is 6. The molecule has 2 aromatic carbocycles. The molecule has 5 rings (SSSR count). The Morgan fingerprint density at radius 3 is 2.55 bits per heavy atom. The lowest BCUT2D eigenvalue weighted by Crippen LogP contribution is -2.31. The van der Waals surface area contributed by atoms with Gasteiger partial charge in [0, 0.05) is 58.0 Å². The van der Waals surface area contributed by atoms with E-state index in [1.807, 2.05) is 12.1 Å². The number of nitro benzene ring substituents is 1. The van der Waals surface area contributed by atoms with Crippen LogP contribution in [0.3, 0.4) is 0 Å². The molecule has 29 heavy (non-hydrogen) atoms. The number of carbonyl (C=O) groups is 2. The largest absolute Gasteiger partial charge is 0.508 e. The smallest absolute Gasteiger partial charge is 0.270 e. The lowest BCUT2D eigenvalue weighted by atomic mass is 9.74. The van der Waals surface area contributed by atoms with Crippen molar-refractivity contribution in [2.24, 2.45) is 0 Å². The van der Waals surface area contributed by atoms with E-state index >= 15 is 0 Å². The number of nitro groups is 1. The molecule has 0 saturated carbocycles. The monoisotopic (exact) mass is 388 g/mol. The van der Waals surface area contributed by atoms with E-state index in [1.54, 1.807) is 12.1 Å². The number of allylic oxidation sites excluding steroid dienone is 3. The van der Waals surface area contributed by atoms with Crippen molar-refractivity contribution in [2.45, 2.75) is 25.2 Å². The predicted octanol–water partition coefficient (Wildman–Crippen LogP) is 3.60. The highest BCUT2D eigenvalue weighted by atomic mass is 16.6. The van der Waals surface area contributed by atoms with Gasteiger partial charge in [-0.05, 0) is 18.9 Å². The van der Waals surface area contributed by atoms with E-state index in [2.05, 4.69) is 5.32 Å². The second-order valence-electron chi connectivity index (χ2n) is 7.39. The molecule has 7 heteroatoms. The quantitative estimate of drug-likeness (QED) is 0.601. The molecule has 1 heterocycles. The third-order valence-electron chi connectivity index (χ3n) is 5.80. The summed E-state index contributed by atoms with van der Waals surface area (Å²) in [5.41, 5.74) is 3.39. The van der Waals surface area contributed by atoms with Crippen LogP contribution in [0.1, 0.15) is 46.7 Å². The summed E-state index contributed by atoms with van der Waals surface area (Å²) in [5.74, 6) is -1.36. The van der Waals surface area contributed by atoms with Gasteiger partial charge in [-0.3, -0.25) is 19.7 Å². The zero-order valence-corrected chi connectivity index (χ0v) is 15.3. The third kappa shape index (κ3) is 2.44. The summed E-state index contributed by atoms with van der Waals surface area (Å²) < 4.78 is 0. The molecule has 1 atom stereocenters. The second-order valence-corrected chi connectivity index (χ2v) is 7.39. The Labute approximate surface area is 165 Å². The Bertz CT molecular complexity index is 1190. The van der Waals surface area contributed by atoms with Crippen LogP contribution in [0.5, 0.6) is 5.75 Å². The molecule has 2 aromatic rings. The average Bonchev–Trinajstić information content (AvgIpc) is 2.99. The van der Waals surface area contributed by atoms with Gasteiger partial charge in [-0.15, -0.1) is 0 Å². The molecule has 0 radical (unpaired) electrons. The maximum Gasteiger partial charge on any atom is 0.270 e. The van der Waals surface area contributed by atoms with Crippen molar-refractivity contribution in [3.8, 4) is 5.75 Å². The Kier molecular flexibility index (Phi) is 3.67. The summed E-state index contributed by atoms with van der Waals surface area (Å²) in [6, 6.07) is 10.9. The van der Waals surface area contributed by atoms with Crippen LogP contribution in [-0.2, 0) is 4.79 Å². The van der Waals surface area contributed by atoms with E-state index in [0.29, 0.717) is 41.7 Å². The second kappa shape index (κ2) is 6.13. The van der Waals surface area contributed by atoms with Gasteiger partial charge < -0.3 is 10.4 Å². The number of rotatable bonds is 2. The first-order valence-electron chi connectivity index (χ1n) is 9.36. The first-order valence-corrected chi connectivity index (χ1v) is 9.36. The number of nitrogens with zero attached hydrogens (tertiary/aromatic N) is 1. The molecule has 0 fully saturated rings. The fourth-order valence-electron chi connectivity index (χ4n) is 4.53. The number of ketones is 2. The fourth-order valence-corrected chi connectivity index (χ4v) is 4.53. The Balaban J connectivity index is 1.79. The lowest BCUT2D eigenvalue weighted by molar-refractivity contribution is -0.384. The highest BCUT2D eigenvalue weighted by Gasteiger charge is 2.44. The van der Waals surface area contributed by atoms with Crippen LogP contribution >= 0.6 is 0 Å². The number of hydrogen-bond donors (Lipinski definition) is 2. The molecule has 0 bridgehead atoms. The molecular weight excluding hydrogens is 372 g/mol. The number of Topliss-reactive ketones (excluding diaryl/α,β-unsaturated/α-hetero) is 2. The summed E-state index contributed by atoms with van der Waals surface area (Å²) >= 11 is 0. The first kappa shape index (κ1) is 17.4. The summed E-state index contributed by atoms with van der Waals surface area (Å²) in [6.45, 7) is 0. The van der Waals surface area contributed by atoms with E-state index in [4.69, 9.17) is 0 Å². The third-order valence-corrected chi connectivity index (χ3v) is 5.80. The van der Waals surface area contributed by atoms with Crippen LogP contribution in [0.25, 0.3) is 5.70 Å². The number of phenolic OH excluding ortho intramolecular Hbond substituents is 1. The molecule has 2 N–H and O–H groups in total. The molecule has 0 aromatic heterocycles. The minimum absolute atomic E-state index is 0.107. The summed E-state index contributed by atoms with van der Waals surface area (Å²) in [4.78, 5) is 36.9. The predicted molar refractivity (Wildman–Crippen MR) is 104 cm³/mol. The molecule has 0 unspecified atom stereocenters. The van der Waals surface area contributed by atoms with Gasteiger partial charge in [-0.25, -0.2) is 0 Å². The van der Waals surface area contributed by atoms with Crippen LogP contribution in [0.15, 0.2) is 59.3 Å². The maximum atomic E-state index is 13.3. The normalized spacial score (nSPS) is 20.2. The fraction of sp³-hybridized carbons (Fsp3) is 0.182. The van der Waals surface area contributed by atoms with E-state index < -0.39 is 10.8 Å². The van der Waals surface area contributed by atoms with Gasteiger partial charge in [0.05, 0.1) is 10.6 Å². The van der Waals surface area contributed by atoms with Crippen LogP contribution in [0, 0.1) is 10.1 Å². The summed E-state index contributed by atoms with van der Waals surface area (Å²) in [5, 5.41) is 25.2. The molecule has 7 nitrogen and oxygen atoms in total. The van der Waals surface area contributed by atoms with E-state index in [0.717, 1.165) is 11.3 Å². The van der Waals surface area contributed by atoms with Crippen molar-refractivity contribution in [3.63, 3.8) is 0 Å². The van der Waals surface area contributed by atoms with E-state index in [-0.39, 0.29) is 28.6 Å². The Morgan fingerprint density at radius 1 is 1.03 bits per heavy atom. The van der Waals surface area contributed by atoms with Crippen LogP contribution in [-0.4, -0.2) is 21.6 Å². The van der Waals surface area contributed by atoms with Gasteiger partial charge >= 0.3 is 0 Å². The van der Waals surface area contributed by atoms with E-state index in [9.17, 15) is 24.8 Å². The number of nitrogens with one attached hydrogen (secondary N) is 1. The van der Waals surface area contributed by atoms with Gasteiger partial charge in [-0.1, -0.05) is 24.3 Å². The zero-order chi connectivity index (χ0) is 20.3. The number of non-ortho nitro benzene ring substituents is 1. The van der Waals surface area contributed by atoms with Gasteiger partial charge in [0.1, 0.15) is 5.75 Å². The van der Waals surface area contributed by atoms with Gasteiger partial charge in [-0.2, -0.15) is 0 Å². The number of phenols is 1. The van der Waals surface area contributed by atoms with Crippen LogP contribution in [0.2, 0.25) is 0 Å². The van der Waals surface area contributed by atoms with Gasteiger partial charge in [0.15, 0.2) is 11.6 Å². The molecule has 0 amide bonds. The van der Waals surface area contributed by atoms with Gasteiger partial charge in [0.25, 0.3) is 5.69 Å². The standard InChI is InChI=1S/C22H16N2O5/c25-16-9-8-11(24(28)29)10-14(16)18-19-15(6-3-7-17(19)26)23-21-12-4-1-2-5-13(12)22(27)20(18)21/h1-2,4-5,8-10,18,23,25H,3,6-7H2/t18-/m1/s1. The molecule has 144 valence electrons. The number of dihydropyridines is 1.